The summed E-state index contributed by atoms with van der Waals surface area (Å²) < 4.78 is 7.07. The molecule has 6 nitrogen and oxygen atoms in total. The van der Waals surface area contributed by atoms with Crippen molar-refractivity contribution in [2.24, 2.45) is 0 Å². The van der Waals surface area contributed by atoms with Gasteiger partial charge in [-0.3, -0.25) is 15.0 Å². The molecule has 1 spiro atoms. The van der Waals surface area contributed by atoms with E-state index in [1.54, 1.807) is 12.1 Å². The van der Waals surface area contributed by atoms with E-state index < -0.39 is 5.72 Å². The molecule has 0 amide bonds. The van der Waals surface area contributed by atoms with Crippen LogP contribution in [0.25, 0.3) is 6.08 Å². The van der Waals surface area contributed by atoms with E-state index in [4.69, 9.17) is 4.74 Å². The molecule has 42 heavy (non-hydrogen) atoms. The first-order valence-corrected chi connectivity index (χ1v) is 19.4. The largest absolute Gasteiger partial charge is 0.462 e. The lowest BCUT2D eigenvalue weighted by atomic mass is 9.76. The second-order valence-electron chi connectivity index (χ2n) is 11.0. The average molecular weight is 648 g/mol. The number of nitro groups is 1. The summed E-state index contributed by atoms with van der Waals surface area (Å²) in [6.45, 7) is 11.4. The van der Waals surface area contributed by atoms with Gasteiger partial charge in [0.2, 0.25) is 5.72 Å². The minimum atomic E-state index is -0.723. The van der Waals surface area contributed by atoms with Crippen molar-refractivity contribution in [2.75, 3.05) is 71.1 Å². The highest BCUT2D eigenvalue weighted by Crippen LogP contribution is 2.54. The maximum Gasteiger partial charge on any atom is 0.270 e. The number of hydrogen-bond acceptors (Lipinski definition) is 9. The summed E-state index contributed by atoms with van der Waals surface area (Å²) in [5.41, 5.74) is 3.12. The number of benzene rings is 2. The quantitative estimate of drug-likeness (QED) is 0.0969. The number of hydrogen-bond donors (Lipinski definition) is 0. The zero-order valence-corrected chi connectivity index (χ0v) is 28.9. The fourth-order valence-electron chi connectivity index (χ4n) is 5.79. The first kappa shape index (κ1) is 33.4. The van der Waals surface area contributed by atoms with Crippen LogP contribution < -0.4 is 9.64 Å². The van der Waals surface area contributed by atoms with Gasteiger partial charge in [-0.05, 0) is 49.1 Å². The summed E-state index contributed by atoms with van der Waals surface area (Å²) in [6, 6.07) is 11.9. The van der Waals surface area contributed by atoms with Crippen LogP contribution >= 0.6 is 47.0 Å². The van der Waals surface area contributed by atoms with Crippen molar-refractivity contribution < 1.29 is 9.66 Å². The lowest BCUT2D eigenvalue weighted by Gasteiger charge is -2.46. The summed E-state index contributed by atoms with van der Waals surface area (Å²) in [7, 11) is 2.09. The zero-order chi connectivity index (χ0) is 30.2. The standard InChI is InChI=1S/C32H45N3O3S4/c1-6-39-18-20-41-16-14-34(15-17-42-21-19-40-7-2)24-26-23-27(35(36)37)22-25-12-13-32(38-30(25)26)31(3,4)28-10-8-9-11-29(28)33(32)5/h8-13,22-23H,6-7,14-21,24H2,1-5H3. The van der Waals surface area contributed by atoms with Gasteiger partial charge in [0.1, 0.15) is 5.75 Å². The Labute approximate surface area is 269 Å². The predicted octanol–water partition coefficient (Wildman–Crippen LogP) is 7.90. The average Bonchev–Trinajstić information content (AvgIpc) is 3.14. The Kier molecular flexibility index (Phi) is 12.3. The SMILES string of the molecule is CCSCCSCCN(CCSCCSCC)Cc1cc([N+](=O)[O-])cc2c1OC1(C=C2)N(C)c2ccccc2C1(C)C. The number of ether oxygens (including phenoxy) is 1. The van der Waals surface area contributed by atoms with Crippen LogP contribution in [0.2, 0.25) is 0 Å². The third kappa shape index (κ3) is 7.42. The molecule has 1 unspecified atom stereocenters. The molecule has 0 aliphatic carbocycles. The van der Waals surface area contributed by atoms with Gasteiger partial charge in [0.25, 0.3) is 5.69 Å². The van der Waals surface area contributed by atoms with Crippen LogP contribution in [-0.2, 0) is 12.0 Å². The lowest BCUT2D eigenvalue weighted by molar-refractivity contribution is -0.385. The molecular formula is C32H45N3O3S4. The monoisotopic (exact) mass is 647 g/mol. The highest BCUT2D eigenvalue weighted by Gasteiger charge is 2.57. The van der Waals surface area contributed by atoms with Gasteiger partial charge in [-0.25, -0.2) is 0 Å². The molecular weight excluding hydrogens is 603 g/mol. The molecule has 4 rings (SSSR count). The third-order valence-corrected chi connectivity index (χ3v) is 12.4. The number of nitrogens with zero attached hydrogens (tertiary/aromatic N) is 3. The Bertz CT molecular complexity index is 1230. The maximum absolute atomic E-state index is 12.0. The number of non-ortho nitro benzene ring substituents is 1. The van der Waals surface area contributed by atoms with Gasteiger partial charge in [-0.1, -0.05) is 32.0 Å². The molecule has 2 aliphatic heterocycles. The van der Waals surface area contributed by atoms with E-state index in [0.29, 0.717) is 6.54 Å². The van der Waals surface area contributed by atoms with Gasteiger partial charge in [-0.2, -0.15) is 47.0 Å². The number of anilines is 1. The predicted molar refractivity (Wildman–Crippen MR) is 189 cm³/mol. The molecule has 2 aromatic carbocycles. The smallest absolute Gasteiger partial charge is 0.270 e. The van der Waals surface area contributed by atoms with Crippen LogP contribution in [0.3, 0.4) is 0 Å². The van der Waals surface area contributed by atoms with E-state index in [9.17, 15) is 10.1 Å². The van der Waals surface area contributed by atoms with Gasteiger partial charge in [0.15, 0.2) is 0 Å². The minimum Gasteiger partial charge on any atom is -0.462 e. The van der Waals surface area contributed by atoms with Crippen LogP contribution in [0.5, 0.6) is 5.75 Å². The first-order valence-electron chi connectivity index (χ1n) is 14.8. The number of thioether (sulfide) groups is 4. The lowest BCUT2D eigenvalue weighted by Crippen LogP contribution is -2.58. The van der Waals surface area contributed by atoms with Crippen molar-refractivity contribution >= 4 is 64.5 Å². The van der Waals surface area contributed by atoms with Crippen molar-refractivity contribution in [1.29, 1.82) is 0 Å². The van der Waals surface area contributed by atoms with Gasteiger partial charge in [0.05, 0.1) is 10.3 Å². The van der Waals surface area contributed by atoms with Crippen molar-refractivity contribution in [3.05, 3.63) is 69.3 Å². The third-order valence-electron chi connectivity index (χ3n) is 8.12. The molecule has 0 N–H and O–H groups in total. The zero-order valence-electron chi connectivity index (χ0n) is 25.6. The molecule has 0 fully saturated rings. The van der Waals surface area contributed by atoms with Crippen molar-refractivity contribution in [2.45, 2.75) is 45.4 Å². The van der Waals surface area contributed by atoms with E-state index >= 15 is 0 Å². The fraction of sp³-hybridized carbons (Fsp3) is 0.562. The summed E-state index contributed by atoms with van der Waals surface area (Å²) in [6.07, 6.45) is 4.13. The molecule has 0 aromatic heterocycles. The molecule has 0 radical (unpaired) electrons. The number of para-hydroxylation sites is 1. The Morgan fingerprint density at radius 2 is 1.55 bits per heavy atom. The van der Waals surface area contributed by atoms with Crippen molar-refractivity contribution in [3.8, 4) is 5.75 Å². The van der Waals surface area contributed by atoms with Gasteiger partial charge >= 0.3 is 0 Å². The highest BCUT2D eigenvalue weighted by atomic mass is 32.2. The molecule has 2 heterocycles. The normalized spacial score (nSPS) is 18.4. The maximum atomic E-state index is 12.0. The summed E-state index contributed by atoms with van der Waals surface area (Å²) >= 11 is 7.97. The Morgan fingerprint density at radius 1 is 0.929 bits per heavy atom. The van der Waals surface area contributed by atoms with Crippen LogP contribution in [-0.4, -0.2) is 81.7 Å². The molecule has 0 saturated carbocycles. The summed E-state index contributed by atoms with van der Waals surface area (Å²) in [5.74, 6) is 9.84. The second kappa shape index (κ2) is 15.5. The fourth-order valence-corrected chi connectivity index (χ4v) is 9.43. The molecule has 230 valence electrons. The highest BCUT2D eigenvalue weighted by molar-refractivity contribution is 8.03. The molecule has 0 saturated heterocycles. The Hall–Kier alpha value is -1.46. The molecule has 10 heteroatoms. The van der Waals surface area contributed by atoms with Crippen LogP contribution in [0.1, 0.15) is 44.4 Å². The minimum absolute atomic E-state index is 0.118. The molecule has 2 aliphatic rings. The topological polar surface area (TPSA) is 58.9 Å². The van der Waals surface area contributed by atoms with E-state index in [1.165, 1.54) is 17.1 Å². The number of nitro benzene ring substituents is 1. The molecule has 1 atom stereocenters. The number of rotatable bonds is 17. The van der Waals surface area contributed by atoms with Crippen LogP contribution in [0, 0.1) is 10.1 Å². The van der Waals surface area contributed by atoms with Gasteiger partial charge < -0.3 is 9.64 Å². The van der Waals surface area contributed by atoms with Crippen LogP contribution in [0.4, 0.5) is 11.4 Å². The van der Waals surface area contributed by atoms with E-state index in [0.717, 1.165) is 70.2 Å². The van der Waals surface area contributed by atoms with E-state index in [-0.39, 0.29) is 16.0 Å². The van der Waals surface area contributed by atoms with Gasteiger partial charge in [-0.15, -0.1) is 0 Å². The Morgan fingerprint density at radius 3 is 2.14 bits per heavy atom. The van der Waals surface area contributed by atoms with E-state index in [2.05, 4.69) is 74.9 Å². The first-order chi connectivity index (χ1) is 20.2. The van der Waals surface area contributed by atoms with E-state index in [1.807, 2.05) is 53.1 Å². The Balaban J connectivity index is 1.59. The number of likely N-dealkylation sites (N-methyl/N-ethyl adjacent to an activating group) is 1. The second-order valence-corrected chi connectivity index (χ2v) is 16.2. The number of fused-ring (bicyclic) bond motifs is 2. The molecule has 0 bridgehead atoms. The van der Waals surface area contributed by atoms with Gasteiger partial charge in [0, 0.05) is 90.1 Å². The molecule has 2 aromatic rings. The van der Waals surface area contributed by atoms with Crippen molar-refractivity contribution in [1.82, 2.24) is 4.90 Å². The summed E-state index contributed by atoms with van der Waals surface area (Å²) in [5, 5.41) is 12.0. The summed E-state index contributed by atoms with van der Waals surface area (Å²) in [4.78, 5) is 16.4. The van der Waals surface area contributed by atoms with Crippen molar-refractivity contribution in [3.63, 3.8) is 0 Å². The van der Waals surface area contributed by atoms with Crippen LogP contribution in [0.15, 0.2) is 42.5 Å².